The summed E-state index contributed by atoms with van der Waals surface area (Å²) in [5, 5.41) is 7.99. The average Bonchev–Trinajstić information content (AvgIpc) is 2.99. The Bertz CT molecular complexity index is 897. The molecule has 0 bridgehead atoms. The number of hydrogen-bond donors (Lipinski definition) is 2. The molecule has 4 rings (SSSR count). The first-order valence-corrected chi connectivity index (χ1v) is 7.89. The second kappa shape index (κ2) is 6.14. The Morgan fingerprint density at radius 1 is 1.25 bits per heavy atom. The Morgan fingerprint density at radius 3 is 2.92 bits per heavy atom. The van der Waals surface area contributed by atoms with E-state index in [2.05, 4.69) is 10.6 Å². The molecule has 1 amide bonds. The number of ether oxygens (including phenoxy) is 2. The van der Waals surface area contributed by atoms with Crippen molar-refractivity contribution in [2.24, 2.45) is 0 Å². The van der Waals surface area contributed by atoms with Crippen LogP contribution >= 0.6 is 0 Å². The number of anilines is 1. The van der Waals surface area contributed by atoms with E-state index in [9.17, 15) is 4.79 Å². The van der Waals surface area contributed by atoms with Crippen LogP contribution in [0.1, 0.15) is 0 Å². The van der Waals surface area contributed by atoms with Crippen molar-refractivity contribution in [3.63, 3.8) is 0 Å². The van der Waals surface area contributed by atoms with Crippen molar-refractivity contribution < 1.29 is 18.7 Å². The molecule has 2 N–H and O–H groups in total. The molecule has 0 radical (unpaired) electrons. The van der Waals surface area contributed by atoms with Crippen molar-refractivity contribution in [2.75, 3.05) is 32.1 Å². The lowest BCUT2D eigenvalue weighted by Crippen LogP contribution is -2.45. The van der Waals surface area contributed by atoms with Gasteiger partial charge in [0.2, 0.25) is 0 Å². The highest BCUT2D eigenvalue weighted by molar-refractivity contribution is 6.08. The van der Waals surface area contributed by atoms with Crippen molar-refractivity contribution in [3.05, 3.63) is 36.4 Å². The molecule has 6 heteroatoms. The number of methoxy groups -OCH3 is 1. The predicted molar refractivity (Wildman–Crippen MR) is 91.5 cm³/mol. The lowest BCUT2D eigenvalue weighted by Gasteiger charge is -2.23. The van der Waals surface area contributed by atoms with Crippen molar-refractivity contribution in [2.45, 2.75) is 6.10 Å². The van der Waals surface area contributed by atoms with Crippen LogP contribution in [0.4, 0.5) is 5.69 Å². The molecular formula is C18H18N2O4. The van der Waals surface area contributed by atoms with E-state index in [0.717, 1.165) is 22.9 Å². The van der Waals surface area contributed by atoms with Crippen LogP contribution in [0.5, 0.6) is 5.75 Å². The molecule has 0 saturated carbocycles. The van der Waals surface area contributed by atoms with Crippen LogP contribution < -0.4 is 15.4 Å². The summed E-state index contributed by atoms with van der Waals surface area (Å²) in [5.41, 5.74) is 2.08. The summed E-state index contributed by atoms with van der Waals surface area (Å²) in [6, 6.07) is 11.5. The number of rotatable bonds is 3. The lowest BCUT2D eigenvalue weighted by atomic mass is 10.1. The van der Waals surface area contributed by atoms with Gasteiger partial charge in [-0.1, -0.05) is 18.2 Å². The van der Waals surface area contributed by atoms with Gasteiger partial charge >= 0.3 is 0 Å². The molecular weight excluding hydrogens is 308 g/mol. The van der Waals surface area contributed by atoms with Gasteiger partial charge in [0.1, 0.15) is 23.0 Å². The van der Waals surface area contributed by atoms with Gasteiger partial charge in [0.05, 0.1) is 19.4 Å². The zero-order valence-corrected chi connectivity index (χ0v) is 13.3. The zero-order chi connectivity index (χ0) is 16.5. The Kier molecular flexibility index (Phi) is 3.84. The van der Waals surface area contributed by atoms with Crippen LogP contribution in [0, 0.1) is 0 Å². The van der Waals surface area contributed by atoms with E-state index >= 15 is 0 Å². The molecule has 2 aromatic carbocycles. The van der Waals surface area contributed by atoms with Gasteiger partial charge in [-0.3, -0.25) is 4.79 Å². The topological polar surface area (TPSA) is 72.7 Å². The summed E-state index contributed by atoms with van der Waals surface area (Å²) in [4.78, 5) is 12.4. The Morgan fingerprint density at radius 2 is 2.12 bits per heavy atom. The number of nitrogens with one attached hydrogen (secondary N) is 2. The molecule has 6 nitrogen and oxygen atoms in total. The second-order valence-corrected chi connectivity index (χ2v) is 5.70. The monoisotopic (exact) mass is 326 g/mol. The minimum absolute atomic E-state index is 0.198. The highest BCUT2D eigenvalue weighted by atomic mass is 16.5. The first-order valence-electron chi connectivity index (χ1n) is 7.89. The van der Waals surface area contributed by atoms with Gasteiger partial charge in [-0.15, -0.1) is 0 Å². The van der Waals surface area contributed by atoms with E-state index in [0.29, 0.717) is 30.2 Å². The third kappa shape index (κ3) is 2.60. The molecule has 124 valence electrons. The van der Waals surface area contributed by atoms with E-state index < -0.39 is 6.10 Å². The molecule has 3 aromatic rings. The van der Waals surface area contributed by atoms with Crippen molar-refractivity contribution in [1.29, 1.82) is 0 Å². The van der Waals surface area contributed by atoms with Crippen LogP contribution in [0.15, 0.2) is 40.8 Å². The summed E-state index contributed by atoms with van der Waals surface area (Å²) >= 11 is 0. The molecule has 1 unspecified atom stereocenters. The highest BCUT2D eigenvalue weighted by Gasteiger charge is 2.23. The Hall–Kier alpha value is -2.57. The first kappa shape index (κ1) is 15.0. The molecule has 24 heavy (non-hydrogen) atoms. The van der Waals surface area contributed by atoms with E-state index in [4.69, 9.17) is 13.9 Å². The van der Waals surface area contributed by atoms with Gasteiger partial charge in [0, 0.05) is 29.9 Å². The largest absolute Gasteiger partial charge is 0.495 e. The molecule has 1 fully saturated rings. The third-order valence-electron chi connectivity index (χ3n) is 4.18. The van der Waals surface area contributed by atoms with Crippen molar-refractivity contribution >= 4 is 33.5 Å². The van der Waals surface area contributed by atoms with Crippen LogP contribution in [-0.2, 0) is 9.53 Å². The SMILES string of the molecule is COc1cc2c(cc1NC(=O)C1CNCCO1)oc1ccccc12. The fourth-order valence-corrected chi connectivity index (χ4v) is 2.97. The zero-order valence-electron chi connectivity index (χ0n) is 13.3. The number of para-hydroxylation sites is 1. The summed E-state index contributed by atoms with van der Waals surface area (Å²) in [6.07, 6.45) is -0.505. The number of carbonyl (C=O) groups is 1. The summed E-state index contributed by atoms with van der Waals surface area (Å²) in [7, 11) is 1.58. The predicted octanol–water partition coefficient (Wildman–Crippen LogP) is 2.52. The second-order valence-electron chi connectivity index (χ2n) is 5.70. The quantitative estimate of drug-likeness (QED) is 0.774. The van der Waals surface area contributed by atoms with Gasteiger partial charge in [-0.05, 0) is 12.1 Å². The molecule has 1 aromatic heterocycles. The fourth-order valence-electron chi connectivity index (χ4n) is 2.97. The summed E-state index contributed by atoms with van der Waals surface area (Å²) in [5.74, 6) is 0.391. The Labute approximate surface area is 138 Å². The van der Waals surface area contributed by atoms with E-state index in [1.165, 1.54) is 0 Å². The summed E-state index contributed by atoms with van der Waals surface area (Å²) in [6.45, 7) is 1.79. The molecule has 0 spiro atoms. The van der Waals surface area contributed by atoms with Gasteiger partial charge in [0.15, 0.2) is 0 Å². The van der Waals surface area contributed by atoms with E-state index in [1.54, 1.807) is 13.2 Å². The smallest absolute Gasteiger partial charge is 0.254 e. The van der Waals surface area contributed by atoms with Crippen LogP contribution in [-0.4, -0.2) is 38.8 Å². The van der Waals surface area contributed by atoms with Gasteiger partial charge in [0.25, 0.3) is 5.91 Å². The summed E-state index contributed by atoms with van der Waals surface area (Å²) < 4.78 is 16.8. The molecule has 2 heterocycles. The minimum atomic E-state index is -0.505. The fraction of sp³-hybridized carbons (Fsp3) is 0.278. The number of benzene rings is 2. The molecule has 1 saturated heterocycles. The minimum Gasteiger partial charge on any atom is -0.495 e. The number of morpholine rings is 1. The van der Waals surface area contributed by atoms with Gasteiger partial charge in [-0.2, -0.15) is 0 Å². The number of carbonyl (C=O) groups excluding carboxylic acids is 1. The number of amides is 1. The maximum atomic E-state index is 12.4. The molecule has 0 aliphatic carbocycles. The average molecular weight is 326 g/mol. The number of furan rings is 1. The van der Waals surface area contributed by atoms with E-state index in [-0.39, 0.29) is 5.91 Å². The first-order chi connectivity index (χ1) is 11.8. The highest BCUT2D eigenvalue weighted by Crippen LogP contribution is 2.36. The van der Waals surface area contributed by atoms with Crippen LogP contribution in [0.3, 0.4) is 0 Å². The molecule has 1 aliphatic heterocycles. The molecule has 1 atom stereocenters. The number of hydrogen-bond acceptors (Lipinski definition) is 5. The van der Waals surface area contributed by atoms with Gasteiger partial charge < -0.3 is 24.5 Å². The Balaban J connectivity index is 1.71. The normalized spacial score (nSPS) is 18.0. The van der Waals surface area contributed by atoms with Crippen molar-refractivity contribution in [1.82, 2.24) is 5.32 Å². The standard InChI is InChI=1S/C18H18N2O4/c1-22-16-8-12-11-4-2-3-5-14(11)24-15(12)9-13(16)20-18(21)17-10-19-6-7-23-17/h2-5,8-9,17,19H,6-7,10H2,1H3,(H,20,21). The van der Waals surface area contributed by atoms with Crippen molar-refractivity contribution in [3.8, 4) is 5.75 Å². The van der Waals surface area contributed by atoms with Gasteiger partial charge in [-0.25, -0.2) is 0 Å². The third-order valence-corrected chi connectivity index (χ3v) is 4.18. The number of fused-ring (bicyclic) bond motifs is 3. The van der Waals surface area contributed by atoms with Crippen LogP contribution in [0.25, 0.3) is 21.9 Å². The molecule has 1 aliphatic rings. The lowest BCUT2D eigenvalue weighted by molar-refractivity contribution is -0.128. The van der Waals surface area contributed by atoms with Crippen LogP contribution in [0.2, 0.25) is 0 Å². The maximum Gasteiger partial charge on any atom is 0.254 e. The maximum absolute atomic E-state index is 12.4. The van der Waals surface area contributed by atoms with E-state index in [1.807, 2.05) is 30.3 Å².